The fourth-order valence-corrected chi connectivity index (χ4v) is 2.90. The molecule has 1 aromatic heterocycles. The van der Waals surface area contributed by atoms with Gasteiger partial charge < -0.3 is 14.8 Å². The molecule has 0 atom stereocenters. The molecule has 1 amide bonds. The van der Waals surface area contributed by atoms with Crippen molar-refractivity contribution in [3.63, 3.8) is 0 Å². The summed E-state index contributed by atoms with van der Waals surface area (Å²) in [6.07, 6.45) is 4.10. The molecule has 0 bridgehead atoms. The van der Waals surface area contributed by atoms with Crippen molar-refractivity contribution >= 4 is 5.91 Å². The molecule has 0 saturated carbocycles. The maximum Gasteiger partial charge on any atom is 0.220 e. The Bertz CT molecular complexity index is 487. The fraction of sp³-hybridized carbons (Fsp3) is 0.750. The van der Waals surface area contributed by atoms with E-state index in [2.05, 4.69) is 22.2 Å². The Balaban J connectivity index is 1.71. The zero-order chi connectivity index (χ0) is 15.4. The van der Waals surface area contributed by atoms with E-state index in [4.69, 9.17) is 0 Å². The van der Waals surface area contributed by atoms with Crippen LogP contribution in [0.5, 0.6) is 0 Å². The van der Waals surface area contributed by atoms with Crippen LogP contribution in [0.3, 0.4) is 0 Å². The number of aromatic nitrogens is 2. The summed E-state index contributed by atoms with van der Waals surface area (Å²) < 4.78 is 2.05. The number of piperidine rings is 1. The Hall–Kier alpha value is -1.36. The number of amides is 1. The van der Waals surface area contributed by atoms with Gasteiger partial charge in [0.2, 0.25) is 5.91 Å². The van der Waals surface area contributed by atoms with Crippen LogP contribution in [0, 0.1) is 19.8 Å². The van der Waals surface area contributed by atoms with Gasteiger partial charge in [0.15, 0.2) is 0 Å². The summed E-state index contributed by atoms with van der Waals surface area (Å²) in [5.41, 5.74) is 2.19. The van der Waals surface area contributed by atoms with Crippen LogP contribution in [-0.2, 0) is 18.4 Å². The van der Waals surface area contributed by atoms with Crippen molar-refractivity contribution in [3.05, 3.63) is 17.2 Å². The lowest BCUT2D eigenvalue weighted by atomic mass is 9.92. The van der Waals surface area contributed by atoms with Crippen molar-refractivity contribution in [2.45, 2.75) is 46.1 Å². The SMILES string of the molecule is Cc1nc(CNC(=O)CCC2CCN(C)CC2)n(C)c1C. The van der Waals surface area contributed by atoms with E-state index in [1.54, 1.807) is 0 Å². The van der Waals surface area contributed by atoms with Gasteiger partial charge in [-0.15, -0.1) is 0 Å². The summed E-state index contributed by atoms with van der Waals surface area (Å²) in [6.45, 7) is 6.90. The minimum Gasteiger partial charge on any atom is -0.349 e. The smallest absolute Gasteiger partial charge is 0.220 e. The molecule has 0 aromatic carbocycles. The van der Waals surface area contributed by atoms with Gasteiger partial charge in [-0.3, -0.25) is 4.79 Å². The van der Waals surface area contributed by atoms with E-state index in [1.807, 2.05) is 25.5 Å². The van der Waals surface area contributed by atoms with E-state index in [9.17, 15) is 4.79 Å². The lowest BCUT2D eigenvalue weighted by Gasteiger charge is -2.28. The van der Waals surface area contributed by atoms with Crippen LogP contribution in [0.2, 0.25) is 0 Å². The lowest BCUT2D eigenvalue weighted by Crippen LogP contribution is -2.31. The molecule has 1 saturated heterocycles. The number of nitrogens with one attached hydrogen (secondary N) is 1. The number of rotatable bonds is 5. The predicted octanol–water partition coefficient (Wildman–Crippen LogP) is 1.78. The quantitative estimate of drug-likeness (QED) is 0.900. The lowest BCUT2D eigenvalue weighted by molar-refractivity contribution is -0.121. The molecule has 0 spiro atoms. The summed E-state index contributed by atoms with van der Waals surface area (Å²) in [5, 5.41) is 3.00. The van der Waals surface area contributed by atoms with Crippen LogP contribution >= 0.6 is 0 Å². The summed E-state index contributed by atoms with van der Waals surface area (Å²) >= 11 is 0. The standard InChI is InChI=1S/C16H28N4O/c1-12-13(2)20(4)15(18-12)11-17-16(21)6-5-14-7-9-19(3)10-8-14/h14H,5-11H2,1-4H3,(H,17,21). The average Bonchev–Trinajstić information content (AvgIpc) is 2.72. The van der Waals surface area contributed by atoms with Crippen LogP contribution in [0.25, 0.3) is 0 Å². The number of carbonyl (C=O) groups is 1. The van der Waals surface area contributed by atoms with Crippen LogP contribution in [0.15, 0.2) is 0 Å². The highest BCUT2D eigenvalue weighted by Gasteiger charge is 2.17. The molecule has 1 aliphatic heterocycles. The third-order valence-electron chi connectivity index (χ3n) is 4.77. The number of hydrogen-bond donors (Lipinski definition) is 1. The molecule has 2 rings (SSSR count). The molecule has 118 valence electrons. The van der Waals surface area contributed by atoms with E-state index >= 15 is 0 Å². The highest BCUT2D eigenvalue weighted by molar-refractivity contribution is 5.75. The van der Waals surface area contributed by atoms with Gasteiger partial charge in [0, 0.05) is 19.2 Å². The number of carbonyl (C=O) groups excluding carboxylic acids is 1. The van der Waals surface area contributed by atoms with Crippen LogP contribution in [0.1, 0.15) is 42.9 Å². The molecule has 1 N–H and O–H groups in total. The van der Waals surface area contributed by atoms with Gasteiger partial charge in [0.25, 0.3) is 0 Å². The minimum atomic E-state index is 0.146. The third-order valence-corrected chi connectivity index (χ3v) is 4.77. The summed E-state index contributed by atoms with van der Waals surface area (Å²) in [6, 6.07) is 0. The Morgan fingerprint density at radius 2 is 1.95 bits per heavy atom. The Morgan fingerprint density at radius 3 is 2.52 bits per heavy atom. The van der Waals surface area contributed by atoms with Crippen molar-refractivity contribution in [2.75, 3.05) is 20.1 Å². The predicted molar refractivity (Wildman–Crippen MR) is 84.0 cm³/mol. The molecule has 0 radical (unpaired) electrons. The van der Waals surface area contributed by atoms with Gasteiger partial charge in [-0.05, 0) is 59.2 Å². The van der Waals surface area contributed by atoms with Crippen molar-refractivity contribution in [1.29, 1.82) is 0 Å². The second-order valence-corrected chi connectivity index (χ2v) is 6.32. The first-order chi connectivity index (χ1) is 9.97. The molecule has 0 unspecified atom stereocenters. The first-order valence-electron chi connectivity index (χ1n) is 7.91. The van der Waals surface area contributed by atoms with E-state index in [-0.39, 0.29) is 5.91 Å². The highest BCUT2D eigenvalue weighted by atomic mass is 16.1. The van der Waals surface area contributed by atoms with Crippen molar-refractivity contribution in [2.24, 2.45) is 13.0 Å². The van der Waals surface area contributed by atoms with Crippen molar-refractivity contribution in [3.8, 4) is 0 Å². The Labute approximate surface area is 127 Å². The molecule has 1 aromatic rings. The Morgan fingerprint density at radius 1 is 1.29 bits per heavy atom. The summed E-state index contributed by atoms with van der Waals surface area (Å²) in [7, 11) is 4.16. The van der Waals surface area contributed by atoms with Gasteiger partial charge >= 0.3 is 0 Å². The molecular weight excluding hydrogens is 264 g/mol. The maximum atomic E-state index is 12.0. The van der Waals surface area contributed by atoms with Gasteiger partial charge in [0.05, 0.1) is 12.2 Å². The molecular formula is C16H28N4O. The first kappa shape index (κ1) is 16.0. The van der Waals surface area contributed by atoms with Gasteiger partial charge in [0.1, 0.15) is 5.82 Å². The number of nitrogens with zero attached hydrogens (tertiary/aromatic N) is 3. The van der Waals surface area contributed by atoms with E-state index in [1.165, 1.54) is 12.8 Å². The van der Waals surface area contributed by atoms with Crippen LogP contribution < -0.4 is 5.32 Å². The average molecular weight is 292 g/mol. The number of likely N-dealkylation sites (tertiary alicyclic amines) is 1. The molecule has 2 heterocycles. The summed E-state index contributed by atoms with van der Waals surface area (Å²) in [4.78, 5) is 18.8. The highest BCUT2D eigenvalue weighted by Crippen LogP contribution is 2.20. The molecule has 1 aliphatic rings. The van der Waals surface area contributed by atoms with E-state index < -0.39 is 0 Å². The topological polar surface area (TPSA) is 50.2 Å². The van der Waals surface area contributed by atoms with Gasteiger partial charge in [-0.1, -0.05) is 0 Å². The maximum absolute atomic E-state index is 12.0. The summed E-state index contributed by atoms with van der Waals surface area (Å²) in [5.74, 6) is 1.79. The second-order valence-electron chi connectivity index (χ2n) is 6.32. The molecule has 1 fully saturated rings. The zero-order valence-corrected chi connectivity index (χ0v) is 13.8. The molecule has 5 heteroatoms. The van der Waals surface area contributed by atoms with Gasteiger partial charge in [-0.25, -0.2) is 4.98 Å². The largest absolute Gasteiger partial charge is 0.349 e. The molecule has 0 aliphatic carbocycles. The zero-order valence-electron chi connectivity index (χ0n) is 13.8. The monoisotopic (exact) mass is 292 g/mol. The number of aryl methyl sites for hydroxylation is 1. The Kier molecular flexibility index (Phi) is 5.39. The van der Waals surface area contributed by atoms with Crippen LogP contribution in [0.4, 0.5) is 0 Å². The fourth-order valence-electron chi connectivity index (χ4n) is 2.90. The van der Waals surface area contributed by atoms with E-state index in [0.29, 0.717) is 18.9 Å². The molecule has 21 heavy (non-hydrogen) atoms. The first-order valence-corrected chi connectivity index (χ1v) is 7.91. The minimum absolute atomic E-state index is 0.146. The normalized spacial score (nSPS) is 17.1. The second kappa shape index (κ2) is 7.07. The van der Waals surface area contributed by atoms with Crippen molar-refractivity contribution < 1.29 is 4.79 Å². The van der Waals surface area contributed by atoms with Crippen molar-refractivity contribution in [1.82, 2.24) is 19.8 Å². The number of imidazole rings is 1. The van der Waals surface area contributed by atoms with E-state index in [0.717, 1.165) is 36.7 Å². The third kappa shape index (κ3) is 4.30. The number of hydrogen-bond acceptors (Lipinski definition) is 3. The molecule has 5 nitrogen and oxygen atoms in total. The van der Waals surface area contributed by atoms with Gasteiger partial charge in [-0.2, -0.15) is 0 Å². The van der Waals surface area contributed by atoms with Crippen LogP contribution in [-0.4, -0.2) is 40.5 Å².